The molecule has 17 heavy (non-hydrogen) atoms. The van der Waals surface area contributed by atoms with E-state index in [1.54, 1.807) is 17.7 Å². The number of nitrogens with zero attached hydrogens (tertiary/aromatic N) is 3. The molecule has 0 fully saturated rings. The third kappa shape index (κ3) is 2.25. The molecular weight excluding hydrogens is 222 g/mol. The molecule has 1 heterocycles. The summed E-state index contributed by atoms with van der Waals surface area (Å²) in [7, 11) is 1.58. The first-order valence-corrected chi connectivity index (χ1v) is 4.94. The van der Waals surface area contributed by atoms with Gasteiger partial charge in [0.15, 0.2) is 0 Å². The zero-order valence-electron chi connectivity index (χ0n) is 9.45. The van der Waals surface area contributed by atoms with Crippen molar-refractivity contribution in [2.24, 2.45) is 0 Å². The van der Waals surface area contributed by atoms with Crippen LogP contribution in [0.4, 0.5) is 5.82 Å². The first-order chi connectivity index (χ1) is 8.10. The summed E-state index contributed by atoms with van der Waals surface area (Å²) in [5, 5.41) is 10.5. The molecule has 1 aromatic heterocycles. The standard InChI is InChI=1S/C11H11N3O3/c1-8-3-9(5-10(4-8)17-2)13-6-11(12-7-13)14(15)16/h3-7H,1-2H3. The topological polar surface area (TPSA) is 70.2 Å². The quantitative estimate of drug-likeness (QED) is 0.601. The van der Waals surface area contributed by atoms with Gasteiger partial charge in [0, 0.05) is 6.07 Å². The summed E-state index contributed by atoms with van der Waals surface area (Å²) in [5.41, 5.74) is 1.79. The van der Waals surface area contributed by atoms with Gasteiger partial charge in [-0.3, -0.25) is 4.57 Å². The zero-order valence-corrected chi connectivity index (χ0v) is 9.45. The van der Waals surface area contributed by atoms with Crippen molar-refractivity contribution in [1.29, 1.82) is 0 Å². The Bertz CT molecular complexity index is 563. The molecule has 0 aliphatic rings. The summed E-state index contributed by atoms with van der Waals surface area (Å²) >= 11 is 0. The first-order valence-electron chi connectivity index (χ1n) is 4.94. The third-order valence-corrected chi connectivity index (χ3v) is 2.33. The maximum absolute atomic E-state index is 10.5. The predicted octanol–water partition coefficient (Wildman–Crippen LogP) is 2.10. The minimum Gasteiger partial charge on any atom is -0.497 e. The molecule has 0 aliphatic heterocycles. The number of hydrogen-bond acceptors (Lipinski definition) is 4. The Morgan fingerprint density at radius 1 is 1.41 bits per heavy atom. The smallest absolute Gasteiger partial charge is 0.381 e. The number of aryl methyl sites for hydroxylation is 1. The molecule has 0 saturated heterocycles. The molecule has 0 amide bonds. The summed E-state index contributed by atoms with van der Waals surface area (Å²) in [6.07, 6.45) is 2.78. The second kappa shape index (κ2) is 4.25. The minimum absolute atomic E-state index is 0.175. The molecule has 0 spiro atoms. The Hall–Kier alpha value is -2.37. The number of nitro groups is 1. The molecule has 0 atom stereocenters. The van der Waals surface area contributed by atoms with E-state index in [1.807, 2.05) is 19.1 Å². The Morgan fingerprint density at radius 3 is 2.76 bits per heavy atom. The van der Waals surface area contributed by atoms with Crippen molar-refractivity contribution in [2.45, 2.75) is 6.92 Å². The molecule has 0 bridgehead atoms. The van der Waals surface area contributed by atoms with Gasteiger partial charge in [-0.2, -0.15) is 0 Å². The Kier molecular flexibility index (Phi) is 2.78. The number of hydrogen-bond donors (Lipinski definition) is 0. The van der Waals surface area contributed by atoms with Gasteiger partial charge in [-0.1, -0.05) is 0 Å². The van der Waals surface area contributed by atoms with Crippen LogP contribution in [0.3, 0.4) is 0 Å². The van der Waals surface area contributed by atoms with Gasteiger partial charge in [-0.05, 0) is 34.5 Å². The molecule has 0 saturated carbocycles. The van der Waals surface area contributed by atoms with Crippen molar-refractivity contribution in [3.63, 3.8) is 0 Å². The average Bonchev–Trinajstić information content (AvgIpc) is 2.77. The monoisotopic (exact) mass is 233 g/mol. The SMILES string of the molecule is COc1cc(C)cc(-n2cnc([N+](=O)[O-])c2)c1. The van der Waals surface area contributed by atoms with E-state index in [1.165, 1.54) is 12.5 Å². The van der Waals surface area contributed by atoms with Gasteiger partial charge in [-0.15, -0.1) is 0 Å². The number of imidazole rings is 1. The summed E-state index contributed by atoms with van der Waals surface area (Å²) < 4.78 is 6.73. The van der Waals surface area contributed by atoms with Crippen LogP contribution in [-0.2, 0) is 0 Å². The Morgan fingerprint density at radius 2 is 2.18 bits per heavy atom. The summed E-state index contributed by atoms with van der Waals surface area (Å²) in [6.45, 7) is 1.93. The number of rotatable bonds is 3. The van der Waals surface area contributed by atoms with Gasteiger partial charge >= 0.3 is 5.82 Å². The van der Waals surface area contributed by atoms with E-state index < -0.39 is 4.92 Å². The predicted molar refractivity (Wildman–Crippen MR) is 61.5 cm³/mol. The third-order valence-electron chi connectivity index (χ3n) is 2.33. The van der Waals surface area contributed by atoms with Crippen molar-refractivity contribution in [3.05, 3.63) is 46.4 Å². The van der Waals surface area contributed by atoms with Crippen LogP contribution in [0.2, 0.25) is 0 Å². The van der Waals surface area contributed by atoms with Crippen LogP contribution in [0.1, 0.15) is 5.56 Å². The van der Waals surface area contributed by atoms with E-state index in [-0.39, 0.29) is 5.82 Å². The van der Waals surface area contributed by atoms with E-state index in [0.29, 0.717) is 5.75 Å². The average molecular weight is 233 g/mol. The van der Waals surface area contributed by atoms with E-state index in [4.69, 9.17) is 4.74 Å². The highest BCUT2D eigenvalue weighted by atomic mass is 16.6. The molecule has 0 radical (unpaired) electrons. The fraction of sp³-hybridized carbons (Fsp3) is 0.182. The highest BCUT2D eigenvalue weighted by Gasteiger charge is 2.11. The van der Waals surface area contributed by atoms with E-state index >= 15 is 0 Å². The Balaban J connectivity index is 2.44. The summed E-state index contributed by atoms with van der Waals surface area (Å²) in [6, 6.07) is 5.57. The lowest BCUT2D eigenvalue weighted by Crippen LogP contribution is -1.93. The highest BCUT2D eigenvalue weighted by Crippen LogP contribution is 2.20. The van der Waals surface area contributed by atoms with Crippen LogP contribution in [0.25, 0.3) is 5.69 Å². The van der Waals surface area contributed by atoms with Crippen LogP contribution in [0.15, 0.2) is 30.7 Å². The molecule has 0 unspecified atom stereocenters. The molecule has 6 nitrogen and oxygen atoms in total. The second-order valence-corrected chi connectivity index (χ2v) is 3.60. The van der Waals surface area contributed by atoms with Crippen LogP contribution in [0, 0.1) is 17.0 Å². The molecule has 1 aromatic carbocycles. The van der Waals surface area contributed by atoms with E-state index in [0.717, 1.165) is 11.3 Å². The maximum atomic E-state index is 10.5. The van der Waals surface area contributed by atoms with Gasteiger partial charge in [0.1, 0.15) is 11.9 Å². The van der Waals surface area contributed by atoms with Crippen molar-refractivity contribution in [1.82, 2.24) is 9.55 Å². The lowest BCUT2D eigenvalue weighted by Gasteiger charge is -2.06. The lowest BCUT2D eigenvalue weighted by atomic mass is 10.2. The van der Waals surface area contributed by atoms with E-state index in [9.17, 15) is 10.1 Å². The normalized spacial score (nSPS) is 10.2. The van der Waals surface area contributed by atoms with Crippen LogP contribution >= 0.6 is 0 Å². The number of ether oxygens (including phenoxy) is 1. The van der Waals surface area contributed by atoms with Crippen LogP contribution in [0.5, 0.6) is 5.75 Å². The molecule has 2 rings (SSSR count). The van der Waals surface area contributed by atoms with Crippen molar-refractivity contribution < 1.29 is 9.66 Å². The van der Waals surface area contributed by atoms with Gasteiger partial charge in [0.05, 0.1) is 12.8 Å². The molecule has 0 aliphatic carbocycles. The van der Waals surface area contributed by atoms with Crippen molar-refractivity contribution >= 4 is 5.82 Å². The molecule has 6 heteroatoms. The maximum Gasteiger partial charge on any atom is 0.381 e. The molecule has 88 valence electrons. The minimum atomic E-state index is -0.524. The number of aromatic nitrogens is 2. The van der Waals surface area contributed by atoms with Gasteiger partial charge < -0.3 is 14.9 Å². The van der Waals surface area contributed by atoms with Crippen LogP contribution < -0.4 is 4.74 Å². The Labute approximate surface area is 97.6 Å². The van der Waals surface area contributed by atoms with Crippen molar-refractivity contribution in [3.8, 4) is 11.4 Å². The highest BCUT2D eigenvalue weighted by molar-refractivity contribution is 5.43. The summed E-state index contributed by atoms with van der Waals surface area (Å²) in [5.74, 6) is 0.529. The zero-order chi connectivity index (χ0) is 12.4. The second-order valence-electron chi connectivity index (χ2n) is 3.60. The molecule has 0 N–H and O–H groups in total. The molecule has 2 aromatic rings. The van der Waals surface area contributed by atoms with E-state index in [2.05, 4.69) is 4.98 Å². The van der Waals surface area contributed by atoms with Crippen LogP contribution in [-0.4, -0.2) is 21.6 Å². The fourth-order valence-electron chi connectivity index (χ4n) is 1.54. The number of benzene rings is 1. The lowest BCUT2D eigenvalue weighted by molar-refractivity contribution is -0.389. The van der Waals surface area contributed by atoms with Crippen molar-refractivity contribution in [2.75, 3.05) is 7.11 Å². The fourth-order valence-corrected chi connectivity index (χ4v) is 1.54. The van der Waals surface area contributed by atoms with Gasteiger partial charge in [0.25, 0.3) is 0 Å². The first kappa shape index (κ1) is 11.1. The van der Waals surface area contributed by atoms with Gasteiger partial charge in [0.2, 0.25) is 6.33 Å². The molecular formula is C11H11N3O3. The largest absolute Gasteiger partial charge is 0.497 e. The number of methoxy groups -OCH3 is 1. The summed E-state index contributed by atoms with van der Waals surface area (Å²) in [4.78, 5) is 13.7. The van der Waals surface area contributed by atoms with Gasteiger partial charge in [-0.25, -0.2) is 0 Å².